The van der Waals surface area contributed by atoms with Crippen LogP contribution in [0.4, 0.5) is 0 Å². The Balaban J connectivity index is 2.40. The fourth-order valence-corrected chi connectivity index (χ4v) is 2.92. The second kappa shape index (κ2) is 11.4. The van der Waals surface area contributed by atoms with Gasteiger partial charge in [0.25, 0.3) is 5.91 Å². The van der Waals surface area contributed by atoms with Crippen LogP contribution in [0.1, 0.15) is 24.5 Å². The molecule has 2 rings (SSSR count). The van der Waals surface area contributed by atoms with Gasteiger partial charge in [-0.15, -0.1) is 0 Å². The molecule has 0 spiro atoms. The maximum atomic E-state index is 13.3. The first-order valence-corrected chi connectivity index (χ1v) is 9.67. The minimum Gasteiger partial charge on any atom is -0.493 e. The Kier molecular flexibility index (Phi) is 8.63. The van der Waals surface area contributed by atoms with Crippen LogP contribution in [0.3, 0.4) is 0 Å². The van der Waals surface area contributed by atoms with Crippen LogP contribution in [0.25, 0.3) is 6.08 Å². The highest BCUT2D eigenvalue weighted by atomic mass is 16.5. The van der Waals surface area contributed by atoms with Crippen LogP contribution in [-0.4, -0.2) is 43.4 Å². The van der Waals surface area contributed by atoms with Gasteiger partial charge in [-0.1, -0.05) is 36.4 Å². The summed E-state index contributed by atoms with van der Waals surface area (Å²) >= 11 is 0. The third kappa shape index (κ3) is 7.18. The minimum absolute atomic E-state index is 0.00227. The van der Waals surface area contributed by atoms with E-state index in [0.29, 0.717) is 17.1 Å². The molecule has 0 fully saturated rings. The highest BCUT2D eigenvalue weighted by molar-refractivity contribution is 6.01. The van der Waals surface area contributed by atoms with E-state index in [2.05, 4.69) is 5.32 Å². The van der Waals surface area contributed by atoms with Gasteiger partial charge in [0.05, 0.1) is 14.2 Å². The molecular formula is C23H27N3O5. The maximum Gasteiger partial charge on any atom is 0.270 e. The topological polar surface area (TPSA) is 111 Å². The van der Waals surface area contributed by atoms with Crippen molar-refractivity contribution in [1.82, 2.24) is 10.2 Å². The number of primary amides is 1. The number of nitrogens with two attached hydrogens (primary N) is 1. The second-order valence-corrected chi connectivity index (χ2v) is 6.78. The molecule has 31 heavy (non-hydrogen) atoms. The summed E-state index contributed by atoms with van der Waals surface area (Å²) in [4.78, 5) is 37.9. The molecule has 8 heteroatoms. The molecule has 0 unspecified atom stereocenters. The summed E-state index contributed by atoms with van der Waals surface area (Å²) in [5.74, 6) is -0.319. The van der Waals surface area contributed by atoms with Crippen LogP contribution in [-0.2, 0) is 20.9 Å². The molecule has 3 amide bonds. The van der Waals surface area contributed by atoms with Crippen molar-refractivity contribution in [3.05, 3.63) is 65.4 Å². The molecule has 0 bridgehead atoms. The Labute approximate surface area is 181 Å². The van der Waals surface area contributed by atoms with Gasteiger partial charge in [0.1, 0.15) is 5.70 Å². The van der Waals surface area contributed by atoms with Gasteiger partial charge in [-0.05, 0) is 29.3 Å². The number of nitrogens with one attached hydrogen (secondary N) is 1. The first-order valence-electron chi connectivity index (χ1n) is 9.67. The Bertz CT molecular complexity index is 957. The zero-order chi connectivity index (χ0) is 22.8. The van der Waals surface area contributed by atoms with Gasteiger partial charge < -0.3 is 25.4 Å². The smallest absolute Gasteiger partial charge is 0.270 e. The lowest BCUT2D eigenvalue weighted by atomic mass is 10.1. The van der Waals surface area contributed by atoms with Crippen LogP contribution in [0.15, 0.2) is 54.2 Å². The average Bonchev–Trinajstić information content (AvgIpc) is 2.75. The Morgan fingerprint density at radius 2 is 1.71 bits per heavy atom. The predicted molar refractivity (Wildman–Crippen MR) is 117 cm³/mol. The molecule has 0 atom stereocenters. The molecule has 0 saturated carbocycles. The molecule has 164 valence electrons. The van der Waals surface area contributed by atoms with E-state index in [1.54, 1.807) is 24.3 Å². The first-order chi connectivity index (χ1) is 14.8. The largest absolute Gasteiger partial charge is 0.493 e. The fraction of sp³-hybridized carbons (Fsp3) is 0.261. The highest BCUT2D eigenvalue weighted by Crippen LogP contribution is 2.28. The lowest BCUT2D eigenvalue weighted by molar-refractivity contribution is -0.130. The van der Waals surface area contributed by atoms with E-state index in [-0.39, 0.29) is 25.2 Å². The van der Waals surface area contributed by atoms with Gasteiger partial charge in [0.2, 0.25) is 11.8 Å². The van der Waals surface area contributed by atoms with Crippen molar-refractivity contribution in [3.8, 4) is 11.5 Å². The second-order valence-electron chi connectivity index (χ2n) is 6.78. The number of hydrogen-bond donors (Lipinski definition) is 2. The summed E-state index contributed by atoms with van der Waals surface area (Å²) < 4.78 is 10.5. The van der Waals surface area contributed by atoms with Crippen molar-refractivity contribution in [2.24, 2.45) is 5.73 Å². The Hall–Kier alpha value is -3.81. The van der Waals surface area contributed by atoms with E-state index < -0.39 is 17.7 Å². The molecule has 2 aromatic carbocycles. The number of ether oxygens (including phenoxy) is 2. The summed E-state index contributed by atoms with van der Waals surface area (Å²) in [5.41, 5.74) is 6.87. The molecule has 0 aromatic heterocycles. The number of hydrogen-bond acceptors (Lipinski definition) is 5. The molecule has 0 saturated heterocycles. The van der Waals surface area contributed by atoms with E-state index in [9.17, 15) is 14.4 Å². The standard InChI is InChI=1S/C23H27N3O5/c1-16(27)25-19(13-18-9-10-20(30-2)21(14-18)31-3)23(29)26(12-11-22(24)28)15-17-7-5-4-6-8-17/h4-10,13-14H,11-12,15H2,1-3H3,(H2,24,28)(H,25,27)/b19-13-. The number of nitrogens with zero attached hydrogens (tertiary/aromatic N) is 1. The van der Waals surface area contributed by atoms with Gasteiger partial charge in [0.15, 0.2) is 11.5 Å². The molecule has 0 heterocycles. The van der Waals surface area contributed by atoms with Crippen molar-refractivity contribution in [1.29, 1.82) is 0 Å². The molecule has 8 nitrogen and oxygen atoms in total. The van der Waals surface area contributed by atoms with E-state index in [0.717, 1.165) is 5.56 Å². The van der Waals surface area contributed by atoms with Gasteiger partial charge in [-0.25, -0.2) is 0 Å². The van der Waals surface area contributed by atoms with E-state index in [1.807, 2.05) is 30.3 Å². The summed E-state index contributed by atoms with van der Waals surface area (Å²) in [6.45, 7) is 1.70. The van der Waals surface area contributed by atoms with Crippen molar-refractivity contribution < 1.29 is 23.9 Å². The lowest BCUT2D eigenvalue weighted by Crippen LogP contribution is -2.39. The van der Waals surface area contributed by atoms with E-state index >= 15 is 0 Å². The van der Waals surface area contributed by atoms with Crippen LogP contribution in [0.5, 0.6) is 11.5 Å². The average molecular weight is 425 g/mol. The van der Waals surface area contributed by atoms with Gasteiger partial charge in [-0.3, -0.25) is 14.4 Å². The summed E-state index contributed by atoms with van der Waals surface area (Å²) in [5, 5.41) is 2.59. The zero-order valence-electron chi connectivity index (χ0n) is 17.9. The highest BCUT2D eigenvalue weighted by Gasteiger charge is 2.20. The molecule has 0 aliphatic carbocycles. The van der Waals surface area contributed by atoms with Crippen LogP contribution in [0.2, 0.25) is 0 Å². The predicted octanol–water partition coefficient (Wildman–Crippen LogP) is 2.08. The summed E-state index contributed by atoms with van der Waals surface area (Å²) in [6.07, 6.45) is 1.55. The van der Waals surface area contributed by atoms with Crippen molar-refractivity contribution in [3.63, 3.8) is 0 Å². The third-order valence-corrected chi connectivity index (χ3v) is 4.39. The fourth-order valence-electron chi connectivity index (χ4n) is 2.92. The molecule has 3 N–H and O–H groups in total. The molecule has 2 aromatic rings. The van der Waals surface area contributed by atoms with Crippen LogP contribution < -0.4 is 20.5 Å². The van der Waals surface area contributed by atoms with E-state index in [4.69, 9.17) is 15.2 Å². The SMILES string of the molecule is COc1ccc(/C=C(\NC(C)=O)C(=O)N(CCC(N)=O)Cc2ccccc2)cc1OC. The van der Waals surface area contributed by atoms with Gasteiger partial charge in [0, 0.05) is 26.4 Å². The first kappa shape index (κ1) is 23.5. The van der Waals surface area contributed by atoms with Crippen LogP contribution >= 0.6 is 0 Å². The number of methoxy groups -OCH3 is 2. The Morgan fingerprint density at radius 1 is 1.03 bits per heavy atom. The monoisotopic (exact) mass is 425 g/mol. The van der Waals surface area contributed by atoms with Crippen molar-refractivity contribution >= 4 is 23.8 Å². The number of amides is 3. The summed E-state index contributed by atoms with van der Waals surface area (Å²) in [6, 6.07) is 14.5. The number of rotatable bonds is 10. The molecule has 0 aliphatic heterocycles. The maximum absolute atomic E-state index is 13.3. The number of benzene rings is 2. The van der Waals surface area contributed by atoms with Crippen molar-refractivity contribution in [2.45, 2.75) is 19.9 Å². The molecule has 0 radical (unpaired) electrons. The zero-order valence-corrected chi connectivity index (χ0v) is 17.9. The summed E-state index contributed by atoms with van der Waals surface area (Å²) in [7, 11) is 3.04. The van der Waals surface area contributed by atoms with Crippen LogP contribution in [0, 0.1) is 0 Å². The third-order valence-electron chi connectivity index (χ3n) is 4.39. The van der Waals surface area contributed by atoms with Gasteiger partial charge >= 0.3 is 0 Å². The lowest BCUT2D eigenvalue weighted by Gasteiger charge is -2.24. The molecule has 0 aliphatic rings. The van der Waals surface area contributed by atoms with E-state index in [1.165, 1.54) is 26.0 Å². The quantitative estimate of drug-likeness (QED) is 0.566. The minimum atomic E-state index is -0.518. The van der Waals surface area contributed by atoms with Crippen molar-refractivity contribution in [2.75, 3.05) is 20.8 Å². The van der Waals surface area contributed by atoms with Gasteiger partial charge in [-0.2, -0.15) is 0 Å². The number of carbonyl (C=O) groups excluding carboxylic acids is 3. The normalized spacial score (nSPS) is 10.9. The Morgan fingerprint density at radius 3 is 2.29 bits per heavy atom. The number of carbonyl (C=O) groups is 3. The molecular weight excluding hydrogens is 398 g/mol.